The molecule has 0 saturated carbocycles. The molecular weight excluding hydrogens is 210 g/mol. The highest BCUT2D eigenvalue weighted by Gasteiger charge is 2.10. The average molecular weight is 233 g/mol. The fraction of sp³-hybridized carbons (Fsp3) is 0.600. The zero-order chi connectivity index (χ0) is 12.1. The summed E-state index contributed by atoms with van der Waals surface area (Å²) in [6.45, 7) is 8.32. The van der Waals surface area contributed by atoms with Gasteiger partial charge in [-0.25, -0.2) is 0 Å². The van der Waals surface area contributed by atoms with Crippen LogP contribution in [0.2, 0.25) is 0 Å². The summed E-state index contributed by atoms with van der Waals surface area (Å²) in [6.07, 6.45) is 2.45. The maximum absolute atomic E-state index is 5.37. The van der Waals surface area contributed by atoms with Gasteiger partial charge in [-0.1, -0.05) is 32.4 Å². The van der Waals surface area contributed by atoms with Crippen molar-refractivity contribution in [1.29, 1.82) is 0 Å². The van der Waals surface area contributed by atoms with E-state index in [4.69, 9.17) is 4.74 Å². The fourth-order valence-corrected chi connectivity index (χ4v) is 2.21. The standard InChI is InChI=1S/C15H23NO/c1-3-13(2)12-14-4-6-15(7-5-14)16-8-10-17-11-9-16/h4-7,13H,3,8-12H2,1-2H3/t13-/m0/s1. The van der Waals surface area contributed by atoms with Crippen LogP contribution in [0.5, 0.6) is 0 Å². The van der Waals surface area contributed by atoms with Gasteiger partial charge in [0.05, 0.1) is 13.2 Å². The van der Waals surface area contributed by atoms with Crippen molar-refractivity contribution in [3.05, 3.63) is 29.8 Å². The first kappa shape index (κ1) is 12.4. The number of hydrogen-bond donors (Lipinski definition) is 0. The van der Waals surface area contributed by atoms with Crippen LogP contribution in [-0.4, -0.2) is 26.3 Å². The third kappa shape index (κ3) is 3.47. The average Bonchev–Trinajstić information content (AvgIpc) is 2.40. The summed E-state index contributed by atoms with van der Waals surface area (Å²) >= 11 is 0. The van der Waals surface area contributed by atoms with E-state index in [2.05, 4.69) is 43.0 Å². The number of ether oxygens (including phenoxy) is 1. The highest BCUT2D eigenvalue weighted by molar-refractivity contribution is 5.47. The third-order valence-electron chi connectivity index (χ3n) is 3.59. The molecule has 0 aromatic heterocycles. The van der Waals surface area contributed by atoms with Crippen molar-refractivity contribution < 1.29 is 4.74 Å². The van der Waals surface area contributed by atoms with Crippen molar-refractivity contribution in [2.24, 2.45) is 5.92 Å². The molecule has 1 atom stereocenters. The van der Waals surface area contributed by atoms with E-state index >= 15 is 0 Å². The van der Waals surface area contributed by atoms with Crippen LogP contribution in [0.3, 0.4) is 0 Å². The largest absolute Gasteiger partial charge is 0.378 e. The normalized spacial score (nSPS) is 18.1. The minimum Gasteiger partial charge on any atom is -0.378 e. The Morgan fingerprint density at radius 1 is 1.18 bits per heavy atom. The molecule has 1 aliphatic rings. The molecule has 0 spiro atoms. The van der Waals surface area contributed by atoms with Gasteiger partial charge in [-0.15, -0.1) is 0 Å². The van der Waals surface area contributed by atoms with Crippen molar-refractivity contribution in [3.8, 4) is 0 Å². The Bertz CT molecular complexity index is 327. The Kier molecular flexibility index (Phi) is 4.43. The van der Waals surface area contributed by atoms with Gasteiger partial charge in [0.25, 0.3) is 0 Å². The van der Waals surface area contributed by atoms with Crippen molar-refractivity contribution in [1.82, 2.24) is 0 Å². The van der Waals surface area contributed by atoms with Gasteiger partial charge in [-0.2, -0.15) is 0 Å². The van der Waals surface area contributed by atoms with Crippen LogP contribution in [0.1, 0.15) is 25.8 Å². The molecule has 1 aliphatic heterocycles. The zero-order valence-corrected chi connectivity index (χ0v) is 11.0. The van der Waals surface area contributed by atoms with Gasteiger partial charge in [0.2, 0.25) is 0 Å². The Morgan fingerprint density at radius 2 is 1.82 bits per heavy atom. The lowest BCUT2D eigenvalue weighted by Gasteiger charge is -2.29. The van der Waals surface area contributed by atoms with Gasteiger partial charge in [0.15, 0.2) is 0 Å². The van der Waals surface area contributed by atoms with E-state index in [-0.39, 0.29) is 0 Å². The van der Waals surface area contributed by atoms with E-state index in [1.54, 1.807) is 0 Å². The van der Waals surface area contributed by atoms with E-state index in [1.165, 1.54) is 24.1 Å². The first-order valence-electron chi connectivity index (χ1n) is 6.71. The van der Waals surface area contributed by atoms with Crippen LogP contribution in [-0.2, 0) is 11.2 Å². The summed E-state index contributed by atoms with van der Waals surface area (Å²) in [5.74, 6) is 0.782. The molecule has 17 heavy (non-hydrogen) atoms. The van der Waals surface area contributed by atoms with E-state index in [0.717, 1.165) is 32.2 Å². The van der Waals surface area contributed by atoms with Crippen molar-refractivity contribution in [2.75, 3.05) is 31.2 Å². The Hall–Kier alpha value is -1.02. The molecule has 2 rings (SSSR count). The second-order valence-electron chi connectivity index (χ2n) is 4.98. The van der Waals surface area contributed by atoms with Crippen LogP contribution in [0.25, 0.3) is 0 Å². The molecule has 2 heteroatoms. The number of benzene rings is 1. The molecule has 1 heterocycles. The van der Waals surface area contributed by atoms with E-state index < -0.39 is 0 Å². The summed E-state index contributed by atoms with van der Waals surface area (Å²) in [4.78, 5) is 2.40. The van der Waals surface area contributed by atoms with Gasteiger partial charge in [-0.05, 0) is 30.0 Å². The van der Waals surface area contributed by atoms with Crippen LogP contribution < -0.4 is 4.90 Å². The zero-order valence-electron chi connectivity index (χ0n) is 11.0. The molecule has 2 nitrogen and oxygen atoms in total. The molecular formula is C15H23NO. The number of nitrogens with zero attached hydrogens (tertiary/aromatic N) is 1. The van der Waals surface area contributed by atoms with Crippen LogP contribution in [0.15, 0.2) is 24.3 Å². The summed E-state index contributed by atoms with van der Waals surface area (Å²) in [5, 5.41) is 0. The molecule has 94 valence electrons. The fourth-order valence-electron chi connectivity index (χ4n) is 2.21. The van der Waals surface area contributed by atoms with E-state index in [1.807, 2.05) is 0 Å². The van der Waals surface area contributed by atoms with E-state index in [9.17, 15) is 0 Å². The third-order valence-corrected chi connectivity index (χ3v) is 3.59. The van der Waals surface area contributed by atoms with E-state index in [0.29, 0.717) is 0 Å². The molecule has 0 amide bonds. The topological polar surface area (TPSA) is 12.5 Å². The second kappa shape index (κ2) is 6.06. The van der Waals surface area contributed by atoms with Crippen molar-refractivity contribution in [3.63, 3.8) is 0 Å². The first-order valence-corrected chi connectivity index (χ1v) is 6.71. The lowest BCUT2D eigenvalue weighted by atomic mass is 9.99. The number of anilines is 1. The van der Waals surface area contributed by atoms with Gasteiger partial charge >= 0.3 is 0 Å². The summed E-state index contributed by atoms with van der Waals surface area (Å²) in [7, 11) is 0. The Morgan fingerprint density at radius 3 is 2.41 bits per heavy atom. The molecule has 1 aromatic carbocycles. The van der Waals surface area contributed by atoms with Crippen LogP contribution >= 0.6 is 0 Å². The maximum Gasteiger partial charge on any atom is 0.0642 e. The molecule has 1 fully saturated rings. The number of morpholine rings is 1. The molecule has 0 bridgehead atoms. The number of rotatable bonds is 4. The van der Waals surface area contributed by atoms with Gasteiger partial charge in [0, 0.05) is 18.8 Å². The summed E-state index contributed by atoms with van der Waals surface area (Å²) < 4.78 is 5.37. The second-order valence-corrected chi connectivity index (χ2v) is 4.98. The summed E-state index contributed by atoms with van der Waals surface area (Å²) in [6, 6.07) is 9.06. The molecule has 0 unspecified atom stereocenters. The van der Waals surface area contributed by atoms with Gasteiger partial charge < -0.3 is 9.64 Å². The smallest absolute Gasteiger partial charge is 0.0642 e. The van der Waals surface area contributed by atoms with Crippen LogP contribution in [0, 0.1) is 5.92 Å². The molecule has 0 aliphatic carbocycles. The summed E-state index contributed by atoms with van der Waals surface area (Å²) in [5.41, 5.74) is 2.79. The first-order chi connectivity index (χ1) is 8.29. The molecule has 0 N–H and O–H groups in total. The van der Waals surface area contributed by atoms with Crippen molar-refractivity contribution in [2.45, 2.75) is 26.7 Å². The highest BCUT2D eigenvalue weighted by Crippen LogP contribution is 2.18. The number of hydrogen-bond acceptors (Lipinski definition) is 2. The molecule has 0 radical (unpaired) electrons. The van der Waals surface area contributed by atoms with Gasteiger partial charge in [0.1, 0.15) is 0 Å². The Balaban J connectivity index is 1.97. The molecule has 1 aromatic rings. The Labute approximate surface area is 105 Å². The monoisotopic (exact) mass is 233 g/mol. The van der Waals surface area contributed by atoms with Crippen LogP contribution in [0.4, 0.5) is 5.69 Å². The minimum absolute atomic E-state index is 0.782. The maximum atomic E-state index is 5.37. The predicted molar refractivity (Wildman–Crippen MR) is 72.6 cm³/mol. The molecule has 1 saturated heterocycles. The minimum atomic E-state index is 0.782. The lowest BCUT2D eigenvalue weighted by Crippen LogP contribution is -2.36. The highest BCUT2D eigenvalue weighted by atomic mass is 16.5. The quantitative estimate of drug-likeness (QED) is 0.792. The van der Waals surface area contributed by atoms with Gasteiger partial charge in [-0.3, -0.25) is 0 Å². The SMILES string of the molecule is CC[C@H](C)Cc1ccc(N2CCOCC2)cc1. The lowest BCUT2D eigenvalue weighted by molar-refractivity contribution is 0.122. The van der Waals surface area contributed by atoms with Crippen molar-refractivity contribution >= 4 is 5.69 Å². The predicted octanol–water partition coefficient (Wildman–Crippen LogP) is 3.11.